The third-order valence-electron chi connectivity index (χ3n) is 2.04. The summed E-state index contributed by atoms with van der Waals surface area (Å²) in [6.45, 7) is 4.62. The quantitative estimate of drug-likeness (QED) is 0.529. The lowest BCUT2D eigenvalue weighted by Gasteiger charge is -2.04. The van der Waals surface area contributed by atoms with Crippen LogP contribution in [-0.2, 0) is 0 Å². The molecular formula is C8H14O. The molecule has 0 aromatic carbocycles. The zero-order chi connectivity index (χ0) is 6.85. The van der Waals surface area contributed by atoms with E-state index in [1.54, 1.807) is 0 Å². The summed E-state index contributed by atoms with van der Waals surface area (Å²) in [4.78, 5) is 0. The number of aliphatic hydroxyl groups excluding tert-OH is 1. The van der Waals surface area contributed by atoms with Gasteiger partial charge in [0.25, 0.3) is 0 Å². The Morgan fingerprint density at radius 1 is 1.67 bits per heavy atom. The summed E-state index contributed by atoms with van der Waals surface area (Å²) in [5.74, 6) is 1.30. The van der Waals surface area contributed by atoms with Gasteiger partial charge in [0.05, 0.1) is 6.61 Å². The second kappa shape index (κ2) is 2.53. The van der Waals surface area contributed by atoms with E-state index in [-0.39, 0.29) is 6.61 Å². The molecule has 0 saturated heterocycles. The third kappa shape index (κ3) is 1.33. The highest BCUT2D eigenvalue weighted by Crippen LogP contribution is 2.28. The Kier molecular flexibility index (Phi) is 1.91. The van der Waals surface area contributed by atoms with Crippen molar-refractivity contribution in [2.75, 3.05) is 6.61 Å². The molecule has 1 nitrogen and oxygen atoms in total. The van der Waals surface area contributed by atoms with Crippen LogP contribution in [0.4, 0.5) is 0 Å². The van der Waals surface area contributed by atoms with Gasteiger partial charge in [-0.2, -0.15) is 0 Å². The molecule has 1 N–H and O–H groups in total. The molecule has 1 aliphatic carbocycles. The standard InChI is InChI=1S/C8H14O/c1-6-3-7(2)8(4-6)5-9/h4,6-7,9H,3,5H2,1-2H3/t6-,7+/m1/s1. The van der Waals surface area contributed by atoms with Gasteiger partial charge in [-0.3, -0.25) is 0 Å². The minimum absolute atomic E-state index is 0.255. The molecule has 0 radical (unpaired) electrons. The molecule has 1 aliphatic rings. The van der Waals surface area contributed by atoms with E-state index in [2.05, 4.69) is 19.9 Å². The van der Waals surface area contributed by atoms with Crippen molar-refractivity contribution in [1.29, 1.82) is 0 Å². The van der Waals surface area contributed by atoms with E-state index >= 15 is 0 Å². The summed E-state index contributed by atoms with van der Waals surface area (Å²) in [5.41, 5.74) is 1.22. The highest BCUT2D eigenvalue weighted by Gasteiger charge is 2.18. The van der Waals surface area contributed by atoms with Gasteiger partial charge < -0.3 is 5.11 Å². The predicted octanol–water partition coefficient (Wildman–Crippen LogP) is 1.58. The maximum absolute atomic E-state index is 8.79. The van der Waals surface area contributed by atoms with Crippen LogP contribution >= 0.6 is 0 Å². The van der Waals surface area contributed by atoms with E-state index in [0.29, 0.717) is 11.8 Å². The van der Waals surface area contributed by atoms with Crippen molar-refractivity contribution in [3.8, 4) is 0 Å². The fourth-order valence-electron chi connectivity index (χ4n) is 1.52. The average Bonchev–Trinajstić information content (AvgIpc) is 2.10. The summed E-state index contributed by atoms with van der Waals surface area (Å²) in [5, 5.41) is 8.79. The fourth-order valence-corrected chi connectivity index (χ4v) is 1.52. The number of hydrogen-bond donors (Lipinski definition) is 1. The smallest absolute Gasteiger partial charge is 0.0644 e. The van der Waals surface area contributed by atoms with Crippen LogP contribution in [0.15, 0.2) is 11.6 Å². The van der Waals surface area contributed by atoms with Gasteiger partial charge in [0.1, 0.15) is 0 Å². The summed E-state index contributed by atoms with van der Waals surface area (Å²) >= 11 is 0. The maximum Gasteiger partial charge on any atom is 0.0644 e. The largest absolute Gasteiger partial charge is 0.392 e. The highest BCUT2D eigenvalue weighted by molar-refractivity contribution is 5.13. The molecule has 0 unspecified atom stereocenters. The lowest BCUT2D eigenvalue weighted by atomic mass is 10.0. The minimum Gasteiger partial charge on any atom is -0.392 e. The zero-order valence-corrected chi connectivity index (χ0v) is 6.09. The van der Waals surface area contributed by atoms with Gasteiger partial charge in [0, 0.05) is 0 Å². The van der Waals surface area contributed by atoms with Crippen LogP contribution in [-0.4, -0.2) is 11.7 Å². The van der Waals surface area contributed by atoms with Crippen LogP contribution in [0.5, 0.6) is 0 Å². The van der Waals surface area contributed by atoms with Gasteiger partial charge in [-0.05, 0) is 23.8 Å². The van der Waals surface area contributed by atoms with Gasteiger partial charge in [-0.1, -0.05) is 19.9 Å². The number of hydrogen-bond acceptors (Lipinski definition) is 1. The van der Waals surface area contributed by atoms with Crippen molar-refractivity contribution >= 4 is 0 Å². The summed E-state index contributed by atoms with van der Waals surface area (Å²) in [6, 6.07) is 0. The van der Waals surface area contributed by atoms with Crippen molar-refractivity contribution in [3.05, 3.63) is 11.6 Å². The minimum atomic E-state index is 0.255. The van der Waals surface area contributed by atoms with Gasteiger partial charge in [-0.25, -0.2) is 0 Å². The summed E-state index contributed by atoms with van der Waals surface area (Å²) in [7, 11) is 0. The van der Waals surface area contributed by atoms with E-state index in [9.17, 15) is 0 Å². The molecule has 9 heavy (non-hydrogen) atoms. The second-order valence-electron chi connectivity index (χ2n) is 3.01. The molecule has 1 heteroatoms. The molecule has 0 saturated carbocycles. The Morgan fingerprint density at radius 3 is 2.56 bits per heavy atom. The van der Waals surface area contributed by atoms with E-state index in [4.69, 9.17) is 5.11 Å². The Hall–Kier alpha value is -0.300. The molecule has 0 aromatic rings. The van der Waals surface area contributed by atoms with E-state index < -0.39 is 0 Å². The molecule has 2 atom stereocenters. The molecule has 52 valence electrons. The molecule has 0 heterocycles. The molecule has 0 fully saturated rings. The van der Waals surface area contributed by atoms with Crippen LogP contribution in [0.3, 0.4) is 0 Å². The highest BCUT2D eigenvalue weighted by atomic mass is 16.3. The topological polar surface area (TPSA) is 20.2 Å². The zero-order valence-electron chi connectivity index (χ0n) is 6.09. The maximum atomic E-state index is 8.79. The number of rotatable bonds is 1. The number of allylic oxidation sites excluding steroid dienone is 1. The van der Waals surface area contributed by atoms with Crippen LogP contribution in [0.25, 0.3) is 0 Å². The van der Waals surface area contributed by atoms with Crippen LogP contribution in [0, 0.1) is 11.8 Å². The van der Waals surface area contributed by atoms with Crippen molar-refractivity contribution in [2.45, 2.75) is 20.3 Å². The molecule has 0 spiro atoms. The van der Waals surface area contributed by atoms with Crippen molar-refractivity contribution < 1.29 is 5.11 Å². The Bertz CT molecular complexity index is 127. The summed E-state index contributed by atoms with van der Waals surface area (Å²) in [6.07, 6.45) is 3.40. The van der Waals surface area contributed by atoms with Gasteiger partial charge in [0.15, 0.2) is 0 Å². The molecule has 0 amide bonds. The van der Waals surface area contributed by atoms with Crippen LogP contribution in [0.2, 0.25) is 0 Å². The lowest BCUT2D eigenvalue weighted by Crippen LogP contribution is -1.97. The molecule has 1 rings (SSSR count). The normalized spacial score (nSPS) is 34.8. The molecular weight excluding hydrogens is 112 g/mol. The monoisotopic (exact) mass is 126 g/mol. The Labute approximate surface area is 56.4 Å². The Balaban J connectivity index is 2.57. The van der Waals surface area contributed by atoms with Crippen LogP contribution in [0.1, 0.15) is 20.3 Å². The average molecular weight is 126 g/mol. The lowest BCUT2D eigenvalue weighted by molar-refractivity contribution is 0.318. The third-order valence-corrected chi connectivity index (χ3v) is 2.04. The SMILES string of the molecule is C[C@H]1C=C(CO)[C@@H](C)C1. The first-order chi connectivity index (χ1) is 4.24. The Morgan fingerprint density at radius 2 is 2.33 bits per heavy atom. The van der Waals surface area contributed by atoms with Crippen molar-refractivity contribution in [2.24, 2.45) is 11.8 Å². The molecule has 0 aliphatic heterocycles. The van der Waals surface area contributed by atoms with Gasteiger partial charge >= 0.3 is 0 Å². The van der Waals surface area contributed by atoms with Gasteiger partial charge in [0.2, 0.25) is 0 Å². The summed E-state index contributed by atoms with van der Waals surface area (Å²) < 4.78 is 0. The first kappa shape index (κ1) is 6.81. The number of aliphatic hydroxyl groups is 1. The van der Waals surface area contributed by atoms with Crippen molar-refractivity contribution in [3.63, 3.8) is 0 Å². The van der Waals surface area contributed by atoms with E-state index in [1.165, 1.54) is 12.0 Å². The molecule has 0 bridgehead atoms. The predicted molar refractivity (Wildman–Crippen MR) is 38.1 cm³/mol. The van der Waals surface area contributed by atoms with E-state index in [0.717, 1.165) is 0 Å². The first-order valence-electron chi connectivity index (χ1n) is 3.55. The van der Waals surface area contributed by atoms with Crippen LogP contribution < -0.4 is 0 Å². The molecule has 0 aromatic heterocycles. The first-order valence-corrected chi connectivity index (χ1v) is 3.55. The fraction of sp³-hybridized carbons (Fsp3) is 0.750. The van der Waals surface area contributed by atoms with Crippen molar-refractivity contribution in [1.82, 2.24) is 0 Å². The van der Waals surface area contributed by atoms with Gasteiger partial charge in [-0.15, -0.1) is 0 Å². The second-order valence-corrected chi connectivity index (χ2v) is 3.01. The van der Waals surface area contributed by atoms with E-state index in [1.807, 2.05) is 0 Å².